The summed E-state index contributed by atoms with van der Waals surface area (Å²) in [6, 6.07) is 9.01. The second-order valence-corrected chi connectivity index (χ2v) is 4.13. The molecule has 2 rings (SSSR count). The van der Waals surface area contributed by atoms with E-state index in [1.54, 1.807) is 19.2 Å². The molecule has 0 amide bonds. The average molecular weight is 269 g/mol. The highest BCUT2D eigenvalue weighted by Gasteiger charge is 2.03. The maximum atomic E-state index is 9.45. The number of rotatable bonds is 5. The summed E-state index contributed by atoms with van der Waals surface area (Å²) >= 11 is 0. The second-order valence-electron chi connectivity index (χ2n) is 4.13. The van der Waals surface area contributed by atoms with Crippen LogP contribution in [0.15, 0.2) is 36.5 Å². The van der Waals surface area contributed by atoms with Gasteiger partial charge in [-0.05, 0) is 24.6 Å². The minimum Gasteiger partial charge on any atom is -0.464 e. The number of nitrogens with zero attached hydrogens (tertiary/aromatic N) is 2. The molecule has 1 atom stereocenters. The number of hydrogen-bond donors (Lipinski definition) is 2. The zero-order chi connectivity index (χ0) is 14.4. The molecule has 102 valence electrons. The molecule has 5 nitrogen and oxygen atoms in total. The molecule has 0 bridgehead atoms. The Morgan fingerprint density at radius 2 is 2.10 bits per heavy atom. The molecule has 0 radical (unpaired) electrons. The Hall–Kier alpha value is -2.58. The van der Waals surface area contributed by atoms with Gasteiger partial charge in [0.1, 0.15) is 0 Å². The zero-order valence-corrected chi connectivity index (χ0v) is 11.1. The van der Waals surface area contributed by atoms with E-state index in [-0.39, 0.29) is 6.61 Å². The number of ether oxygens (including phenoxy) is 1. The van der Waals surface area contributed by atoms with Gasteiger partial charge < -0.3 is 15.2 Å². The van der Waals surface area contributed by atoms with Crippen molar-refractivity contribution in [2.24, 2.45) is 0 Å². The van der Waals surface area contributed by atoms with Crippen molar-refractivity contribution in [1.29, 1.82) is 0 Å². The molecular weight excluding hydrogens is 254 g/mol. The smallest absolute Gasteiger partial charge is 0.230 e. The highest BCUT2D eigenvalue weighted by Crippen LogP contribution is 2.18. The third kappa shape index (κ3) is 3.70. The molecule has 2 N–H and O–H groups in total. The van der Waals surface area contributed by atoms with Crippen LogP contribution in [0.5, 0.6) is 5.88 Å². The SMILES string of the molecule is C#CCOc1ccnc(Nc2ccc(C(C)O)cc2)n1. The van der Waals surface area contributed by atoms with E-state index in [4.69, 9.17) is 11.2 Å². The molecule has 20 heavy (non-hydrogen) atoms. The van der Waals surface area contributed by atoms with E-state index < -0.39 is 6.10 Å². The molecule has 0 aliphatic rings. The zero-order valence-electron chi connectivity index (χ0n) is 11.1. The number of aromatic nitrogens is 2. The van der Waals surface area contributed by atoms with Gasteiger partial charge >= 0.3 is 0 Å². The lowest BCUT2D eigenvalue weighted by Crippen LogP contribution is -2.01. The standard InChI is InChI=1S/C15H15N3O2/c1-3-10-20-14-8-9-16-15(18-14)17-13-6-4-12(5-7-13)11(2)19/h1,4-9,11,19H,10H2,2H3,(H,16,17,18). The summed E-state index contributed by atoms with van der Waals surface area (Å²) in [7, 11) is 0. The van der Waals surface area contributed by atoms with Gasteiger partial charge in [0, 0.05) is 18.0 Å². The summed E-state index contributed by atoms with van der Waals surface area (Å²) in [6.45, 7) is 1.89. The van der Waals surface area contributed by atoms with E-state index in [1.807, 2.05) is 24.3 Å². The predicted molar refractivity (Wildman–Crippen MR) is 76.7 cm³/mol. The van der Waals surface area contributed by atoms with Crippen molar-refractivity contribution in [3.05, 3.63) is 42.1 Å². The van der Waals surface area contributed by atoms with E-state index >= 15 is 0 Å². The van der Waals surface area contributed by atoms with Crippen LogP contribution in [-0.4, -0.2) is 21.7 Å². The Kier molecular flexibility index (Phi) is 4.53. The van der Waals surface area contributed by atoms with Crippen molar-refractivity contribution < 1.29 is 9.84 Å². The lowest BCUT2D eigenvalue weighted by molar-refractivity contribution is 0.199. The van der Waals surface area contributed by atoms with Crippen molar-refractivity contribution >= 4 is 11.6 Å². The summed E-state index contributed by atoms with van der Waals surface area (Å²) in [5, 5.41) is 12.5. The Labute approximate surface area is 117 Å². The second kappa shape index (κ2) is 6.55. The fourth-order valence-electron chi connectivity index (χ4n) is 1.57. The lowest BCUT2D eigenvalue weighted by Gasteiger charge is -2.08. The molecule has 0 aliphatic carbocycles. The van der Waals surface area contributed by atoms with Crippen molar-refractivity contribution in [2.45, 2.75) is 13.0 Å². The number of nitrogens with one attached hydrogen (secondary N) is 1. The van der Waals surface area contributed by atoms with Gasteiger partial charge in [0.05, 0.1) is 6.10 Å². The molecule has 0 saturated carbocycles. The minimum atomic E-state index is -0.485. The van der Waals surface area contributed by atoms with Gasteiger partial charge in [-0.15, -0.1) is 6.42 Å². The topological polar surface area (TPSA) is 67.3 Å². The molecule has 1 heterocycles. The molecular formula is C15H15N3O2. The van der Waals surface area contributed by atoms with E-state index in [2.05, 4.69) is 21.2 Å². The van der Waals surface area contributed by atoms with Crippen LogP contribution in [0.2, 0.25) is 0 Å². The van der Waals surface area contributed by atoms with Gasteiger partial charge in [-0.2, -0.15) is 4.98 Å². The lowest BCUT2D eigenvalue weighted by atomic mass is 10.1. The molecule has 0 fully saturated rings. The molecule has 0 aliphatic heterocycles. The number of benzene rings is 1. The van der Waals surface area contributed by atoms with E-state index in [9.17, 15) is 5.11 Å². The van der Waals surface area contributed by atoms with Crippen LogP contribution in [-0.2, 0) is 0 Å². The fourth-order valence-corrected chi connectivity index (χ4v) is 1.57. The van der Waals surface area contributed by atoms with Crippen molar-refractivity contribution in [3.8, 4) is 18.2 Å². The van der Waals surface area contributed by atoms with E-state index in [0.29, 0.717) is 11.8 Å². The highest BCUT2D eigenvalue weighted by molar-refractivity contribution is 5.53. The first-order chi connectivity index (χ1) is 9.69. The van der Waals surface area contributed by atoms with Crippen LogP contribution in [0, 0.1) is 12.3 Å². The van der Waals surface area contributed by atoms with Crippen molar-refractivity contribution in [2.75, 3.05) is 11.9 Å². The maximum Gasteiger partial charge on any atom is 0.230 e. The van der Waals surface area contributed by atoms with Gasteiger partial charge in [0.25, 0.3) is 0 Å². The summed E-state index contributed by atoms with van der Waals surface area (Å²) < 4.78 is 5.22. The number of terminal acetylenes is 1. The number of hydrogen-bond acceptors (Lipinski definition) is 5. The van der Waals surface area contributed by atoms with Gasteiger partial charge in [-0.3, -0.25) is 0 Å². The van der Waals surface area contributed by atoms with E-state index in [0.717, 1.165) is 11.3 Å². The Balaban J connectivity index is 2.07. The molecule has 2 aromatic rings. The highest BCUT2D eigenvalue weighted by atomic mass is 16.5. The number of aliphatic hydroxyl groups excluding tert-OH is 1. The first kappa shape index (κ1) is 13.8. The summed E-state index contributed by atoms with van der Waals surface area (Å²) in [5.41, 5.74) is 1.67. The van der Waals surface area contributed by atoms with Crippen LogP contribution in [0.1, 0.15) is 18.6 Å². The van der Waals surface area contributed by atoms with Crippen LogP contribution in [0.4, 0.5) is 11.6 Å². The van der Waals surface area contributed by atoms with Gasteiger partial charge in [-0.25, -0.2) is 4.98 Å². The van der Waals surface area contributed by atoms with Crippen LogP contribution >= 0.6 is 0 Å². The largest absolute Gasteiger partial charge is 0.464 e. The third-order valence-corrected chi connectivity index (χ3v) is 2.58. The number of aliphatic hydroxyl groups is 1. The van der Waals surface area contributed by atoms with Crippen molar-refractivity contribution in [3.63, 3.8) is 0 Å². The molecule has 1 aromatic carbocycles. The molecule has 1 unspecified atom stereocenters. The number of anilines is 2. The molecule has 1 aromatic heterocycles. The summed E-state index contributed by atoms with van der Waals surface area (Å²) in [4.78, 5) is 8.27. The molecule has 0 saturated heterocycles. The quantitative estimate of drug-likeness (QED) is 0.815. The summed E-state index contributed by atoms with van der Waals surface area (Å²) in [6.07, 6.45) is 6.23. The normalized spacial score (nSPS) is 11.4. The fraction of sp³-hybridized carbons (Fsp3) is 0.200. The monoisotopic (exact) mass is 269 g/mol. The third-order valence-electron chi connectivity index (χ3n) is 2.58. The van der Waals surface area contributed by atoms with Crippen LogP contribution in [0.25, 0.3) is 0 Å². The minimum absolute atomic E-state index is 0.166. The first-order valence-electron chi connectivity index (χ1n) is 6.13. The van der Waals surface area contributed by atoms with Crippen LogP contribution in [0.3, 0.4) is 0 Å². The Morgan fingerprint density at radius 1 is 1.35 bits per heavy atom. The predicted octanol–water partition coefficient (Wildman–Crippen LogP) is 2.29. The van der Waals surface area contributed by atoms with Gasteiger partial charge in [-0.1, -0.05) is 18.1 Å². The van der Waals surface area contributed by atoms with Gasteiger partial charge in [0.2, 0.25) is 11.8 Å². The molecule has 5 heteroatoms. The maximum absolute atomic E-state index is 9.45. The van der Waals surface area contributed by atoms with Gasteiger partial charge in [0.15, 0.2) is 6.61 Å². The van der Waals surface area contributed by atoms with Crippen LogP contribution < -0.4 is 10.1 Å². The summed E-state index contributed by atoms with van der Waals surface area (Å²) in [5.74, 6) is 3.21. The molecule has 0 spiro atoms. The Morgan fingerprint density at radius 3 is 2.75 bits per heavy atom. The van der Waals surface area contributed by atoms with Crippen molar-refractivity contribution in [1.82, 2.24) is 9.97 Å². The first-order valence-corrected chi connectivity index (χ1v) is 6.13. The van der Waals surface area contributed by atoms with E-state index in [1.165, 1.54) is 0 Å². The average Bonchev–Trinajstić information content (AvgIpc) is 2.46. The Bertz CT molecular complexity index is 603.